The van der Waals surface area contributed by atoms with Gasteiger partial charge in [0.1, 0.15) is 10.7 Å². The summed E-state index contributed by atoms with van der Waals surface area (Å²) in [5.41, 5.74) is 2.48. The van der Waals surface area contributed by atoms with E-state index in [0.717, 1.165) is 38.9 Å². The maximum Gasteiger partial charge on any atom is 0.262 e. The molecule has 0 aliphatic heterocycles. The quantitative estimate of drug-likeness (QED) is 0.649. The van der Waals surface area contributed by atoms with Gasteiger partial charge in [-0.15, -0.1) is 11.3 Å². The van der Waals surface area contributed by atoms with Crippen molar-refractivity contribution in [3.63, 3.8) is 0 Å². The summed E-state index contributed by atoms with van der Waals surface area (Å²) in [6.07, 6.45) is 4.52. The standard InChI is InChI=1S/C18H17BrN2OS/c1-11-20-17-16(14-7-2-3-8-15(14)23-17)18(22)21(11)10-12-5-4-6-13(19)9-12/h4-6,9H,2-3,7-8,10H2,1H3. The van der Waals surface area contributed by atoms with Gasteiger partial charge in [0.05, 0.1) is 11.9 Å². The lowest BCUT2D eigenvalue weighted by Gasteiger charge is -2.12. The third-order valence-electron chi connectivity index (χ3n) is 4.50. The van der Waals surface area contributed by atoms with Crippen molar-refractivity contribution >= 4 is 37.5 Å². The lowest BCUT2D eigenvalue weighted by atomic mass is 9.97. The number of rotatable bonds is 2. The van der Waals surface area contributed by atoms with Gasteiger partial charge in [0.15, 0.2) is 0 Å². The van der Waals surface area contributed by atoms with Crippen LogP contribution in [0.25, 0.3) is 10.2 Å². The fraction of sp³-hybridized carbons (Fsp3) is 0.333. The molecule has 118 valence electrons. The number of hydrogen-bond donors (Lipinski definition) is 0. The zero-order valence-corrected chi connectivity index (χ0v) is 15.3. The number of aryl methyl sites for hydroxylation is 3. The van der Waals surface area contributed by atoms with Crippen LogP contribution < -0.4 is 5.56 Å². The number of fused-ring (bicyclic) bond motifs is 3. The molecule has 1 aliphatic carbocycles. The zero-order chi connectivity index (χ0) is 16.0. The average molecular weight is 389 g/mol. The van der Waals surface area contributed by atoms with Crippen LogP contribution in [-0.2, 0) is 19.4 Å². The molecule has 0 amide bonds. The van der Waals surface area contributed by atoms with Crippen molar-refractivity contribution in [3.8, 4) is 0 Å². The van der Waals surface area contributed by atoms with E-state index in [1.54, 1.807) is 11.3 Å². The Morgan fingerprint density at radius 1 is 1.30 bits per heavy atom. The topological polar surface area (TPSA) is 34.9 Å². The summed E-state index contributed by atoms with van der Waals surface area (Å²) < 4.78 is 2.84. The largest absolute Gasteiger partial charge is 0.292 e. The smallest absolute Gasteiger partial charge is 0.262 e. The van der Waals surface area contributed by atoms with Crippen LogP contribution in [0.2, 0.25) is 0 Å². The lowest BCUT2D eigenvalue weighted by molar-refractivity contribution is 0.693. The molecule has 0 saturated heterocycles. The number of hydrogen-bond acceptors (Lipinski definition) is 3. The predicted molar refractivity (Wildman–Crippen MR) is 98.5 cm³/mol. The molecular weight excluding hydrogens is 372 g/mol. The monoisotopic (exact) mass is 388 g/mol. The summed E-state index contributed by atoms with van der Waals surface area (Å²) in [6, 6.07) is 8.09. The fourth-order valence-corrected chi connectivity index (χ4v) is 5.09. The third kappa shape index (κ3) is 2.66. The second kappa shape index (κ2) is 5.87. The maximum atomic E-state index is 13.1. The molecule has 0 bridgehead atoms. The second-order valence-electron chi connectivity index (χ2n) is 6.07. The van der Waals surface area contributed by atoms with Crippen LogP contribution in [0, 0.1) is 6.92 Å². The predicted octanol–water partition coefficient (Wildman–Crippen LogP) is 4.46. The summed E-state index contributed by atoms with van der Waals surface area (Å²) in [6.45, 7) is 2.50. The molecule has 2 heterocycles. The van der Waals surface area contributed by atoms with E-state index in [2.05, 4.69) is 22.0 Å². The summed E-state index contributed by atoms with van der Waals surface area (Å²) in [5.74, 6) is 0.793. The SMILES string of the molecule is Cc1nc2sc3c(c2c(=O)n1Cc1cccc(Br)c1)CCCC3. The van der Waals surface area contributed by atoms with Crippen molar-refractivity contribution in [1.29, 1.82) is 0 Å². The Hall–Kier alpha value is -1.46. The van der Waals surface area contributed by atoms with Gasteiger partial charge in [-0.2, -0.15) is 0 Å². The first-order valence-electron chi connectivity index (χ1n) is 7.89. The van der Waals surface area contributed by atoms with Crippen LogP contribution in [0.1, 0.15) is 34.7 Å². The Bertz CT molecular complexity index is 958. The van der Waals surface area contributed by atoms with Gasteiger partial charge in [0.2, 0.25) is 0 Å². The zero-order valence-electron chi connectivity index (χ0n) is 12.9. The van der Waals surface area contributed by atoms with E-state index in [4.69, 9.17) is 4.98 Å². The normalized spacial score (nSPS) is 14.2. The van der Waals surface area contributed by atoms with Crippen molar-refractivity contribution < 1.29 is 0 Å². The summed E-state index contributed by atoms with van der Waals surface area (Å²) in [7, 11) is 0. The Labute approximate surface area is 147 Å². The average Bonchev–Trinajstić information content (AvgIpc) is 2.89. The van der Waals surface area contributed by atoms with Gasteiger partial charge in [-0.1, -0.05) is 28.1 Å². The van der Waals surface area contributed by atoms with E-state index in [9.17, 15) is 4.79 Å². The number of thiophene rings is 1. The van der Waals surface area contributed by atoms with Gasteiger partial charge in [-0.3, -0.25) is 9.36 Å². The van der Waals surface area contributed by atoms with Gasteiger partial charge in [0.25, 0.3) is 5.56 Å². The van der Waals surface area contributed by atoms with Crippen molar-refractivity contribution in [2.45, 2.75) is 39.2 Å². The first kappa shape index (κ1) is 15.1. The highest BCUT2D eigenvalue weighted by atomic mass is 79.9. The van der Waals surface area contributed by atoms with E-state index < -0.39 is 0 Å². The maximum absolute atomic E-state index is 13.1. The molecular formula is C18H17BrN2OS. The molecule has 3 nitrogen and oxygen atoms in total. The minimum atomic E-state index is 0.117. The molecule has 0 saturated carbocycles. The van der Waals surface area contributed by atoms with Gasteiger partial charge < -0.3 is 0 Å². The van der Waals surface area contributed by atoms with Gasteiger partial charge >= 0.3 is 0 Å². The molecule has 0 spiro atoms. The van der Waals surface area contributed by atoms with Crippen molar-refractivity contribution in [1.82, 2.24) is 9.55 Å². The summed E-state index contributed by atoms with van der Waals surface area (Å²) in [5, 5.41) is 0.866. The summed E-state index contributed by atoms with van der Waals surface area (Å²) >= 11 is 5.21. The third-order valence-corrected chi connectivity index (χ3v) is 6.17. The molecule has 23 heavy (non-hydrogen) atoms. The molecule has 2 aromatic heterocycles. The highest BCUT2D eigenvalue weighted by molar-refractivity contribution is 9.10. The molecule has 3 aromatic rings. The van der Waals surface area contributed by atoms with E-state index in [0.29, 0.717) is 6.54 Å². The van der Waals surface area contributed by atoms with E-state index in [-0.39, 0.29) is 5.56 Å². The molecule has 1 aromatic carbocycles. The van der Waals surface area contributed by atoms with Crippen LogP contribution in [0.4, 0.5) is 0 Å². The van der Waals surface area contributed by atoms with Gasteiger partial charge in [0, 0.05) is 9.35 Å². The fourth-order valence-electron chi connectivity index (χ4n) is 3.34. The van der Waals surface area contributed by atoms with E-state index in [1.807, 2.05) is 29.7 Å². The molecule has 5 heteroatoms. The van der Waals surface area contributed by atoms with Crippen LogP contribution in [0.5, 0.6) is 0 Å². The molecule has 1 aliphatic rings. The molecule has 0 unspecified atom stereocenters. The van der Waals surface area contributed by atoms with Crippen molar-refractivity contribution in [3.05, 3.63) is 60.9 Å². The Morgan fingerprint density at radius 3 is 2.96 bits per heavy atom. The second-order valence-corrected chi connectivity index (χ2v) is 8.07. The van der Waals surface area contributed by atoms with E-state index in [1.165, 1.54) is 23.3 Å². The highest BCUT2D eigenvalue weighted by Crippen LogP contribution is 2.33. The van der Waals surface area contributed by atoms with Gasteiger partial charge in [-0.05, 0) is 55.9 Å². The Kier molecular flexibility index (Phi) is 3.85. The van der Waals surface area contributed by atoms with Crippen LogP contribution in [0.15, 0.2) is 33.5 Å². The van der Waals surface area contributed by atoms with Crippen LogP contribution in [-0.4, -0.2) is 9.55 Å². The number of nitrogens with zero attached hydrogens (tertiary/aromatic N) is 2. The van der Waals surface area contributed by atoms with Crippen LogP contribution >= 0.6 is 27.3 Å². The van der Waals surface area contributed by atoms with Crippen molar-refractivity contribution in [2.75, 3.05) is 0 Å². The highest BCUT2D eigenvalue weighted by Gasteiger charge is 2.21. The molecule has 0 radical (unpaired) electrons. The van der Waals surface area contributed by atoms with Crippen molar-refractivity contribution in [2.24, 2.45) is 0 Å². The number of halogens is 1. The lowest BCUT2D eigenvalue weighted by Crippen LogP contribution is -2.24. The Morgan fingerprint density at radius 2 is 2.13 bits per heavy atom. The molecule has 0 N–H and O–H groups in total. The Balaban J connectivity index is 1.88. The molecule has 4 rings (SSSR count). The molecule has 0 fully saturated rings. The number of aromatic nitrogens is 2. The first-order valence-corrected chi connectivity index (χ1v) is 9.50. The molecule has 0 atom stereocenters. The number of benzene rings is 1. The van der Waals surface area contributed by atoms with E-state index >= 15 is 0 Å². The minimum absolute atomic E-state index is 0.117. The van der Waals surface area contributed by atoms with Crippen LogP contribution in [0.3, 0.4) is 0 Å². The first-order chi connectivity index (χ1) is 11.1. The minimum Gasteiger partial charge on any atom is -0.292 e. The summed E-state index contributed by atoms with van der Waals surface area (Å²) in [4.78, 5) is 20.1. The van der Waals surface area contributed by atoms with Gasteiger partial charge in [-0.25, -0.2) is 4.98 Å².